The van der Waals surface area contributed by atoms with E-state index in [4.69, 9.17) is 0 Å². The molecule has 0 spiro atoms. The molecule has 0 amide bonds. The van der Waals surface area contributed by atoms with Gasteiger partial charge in [-0.2, -0.15) is 22.0 Å². The highest BCUT2D eigenvalue weighted by Gasteiger charge is 2.79. The molecule has 0 aromatic rings. The second-order valence-corrected chi connectivity index (χ2v) is 8.93. The van der Waals surface area contributed by atoms with Crippen LogP contribution in [-0.2, 0) is 11.1 Å². The topological polar surface area (TPSA) is 40.1 Å². The van der Waals surface area contributed by atoms with Gasteiger partial charge in [0.1, 0.15) is 0 Å². The van der Waals surface area contributed by atoms with Gasteiger partial charge in [-0.15, -0.1) is 0 Å². The molecular formula is C15H17F6O2S-. The Kier molecular flexibility index (Phi) is 3.49. The van der Waals surface area contributed by atoms with Crippen LogP contribution in [0, 0.1) is 41.4 Å². The lowest BCUT2D eigenvalue weighted by molar-refractivity contribution is -0.306. The van der Waals surface area contributed by atoms with Crippen molar-refractivity contribution in [1.82, 2.24) is 0 Å². The highest BCUT2D eigenvalue weighted by atomic mass is 32.2. The maximum Gasteiger partial charge on any atom is 0.429 e. The molecule has 0 aromatic carbocycles. The number of fused-ring (bicyclic) bond motifs is 9. The van der Waals surface area contributed by atoms with Crippen molar-refractivity contribution in [3.8, 4) is 0 Å². The van der Waals surface area contributed by atoms with Crippen LogP contribution in [-0.4, -0.2) is 25.9 Å². The van der Waals surface area contributed by atoms with E-state index in [9.17, 15) is 35.1 Å². The van der Waals surface area contributed by atoms with E-state index in [0.29, 0.717) is 12.3 Å². The van der Waals surface area contributed by atoms with Crippen molar-refractivity contribution in [1.29, 1.82) is 0 Å². The SMILES string of the molecule is O=S([O-])C(F)(F)C(F)(C1CC2CC1C1C3CCC(C3)C21)C(F)(F)F. The minimum absolute atomic E-state index is 0.152. The van der Waals surface area contributed by atoms with Crippen LogP contribution in [0.2, 0.25) is 0 Å². The molecule has 2 nitrogen and oxygen atoms in total. The molecule has 138 valence electrons. The van der Waals surface area contributed by atoms with Crippen molar-refractivity contribution < 1.29 is 35.1 Å². The molecule has 9 unspecified atom stereocenters. The maximum absolute atomic E-state index is 14.9. The fraction of sp³-hybridized carbons (Fsp3) is 1.00. The molecule has 4 bridgehead atoms. The molecule has 9 heteroatoms. The minimum atomic E-state index is -5.93. The predicted octanol–water partition coefficient (Wildman–Crippen LogP) is 4.05. The second kappa shape index (κ2) is 4.90. The Morgan fingerprint density at radius 3 is 1.96 bits per heavy atom. The summed E-state index contributed by atoms with van der Waals surface area (Å²) in [5.74, 6) is -2.29. The van der Waals surface area contributed by atoms with E-state index in [1.807, 2.05) is 0 Å². The zero-order valence-electron chi connectivity index (χ0n) is 12.6. The third-order valence-electron chi connectivity index (χ3n) is 7.29. The molecule has 0 radical (unpaired) electrons. The predicted molar refractivity (Wildman–Crippen MR) is 71.3 cm³/mol. The Morgan fingerprint density at radius 1 is 0.833 bits per heavy atom. The summed E-state index contributed by atoms with van der Waals surface area (Å²) in [6.07, 6.45) is -3.14. The summed E-state index contributed by atoms with van der Waals surface area (Å²) in [6.45, 7) is 0. The van der Waals surface area contributed by atoms with Gasteiger partial charge in [0.05, 0.1) is 0 Å². The third kappa shape index (κ3) is 1.86. The van der Waals surface area contributed by atoms with Crippen molar-refractivity contribution in [3.05, 3.63) is 0 Å². The number of alkyl halides is 6. The normalized spacial score (nSPS) is 47.7. The zero-order chi connectivity index (χ0) is 17.7. The van der Waals surface area contributed by atoms with Gasteiger partial charge in [0.25, 0.3) is 5.67 Å². The van der Waals surface area contributed by atoms with Crippen LogP contribution in [0.4, 0.5) is 26.3 Å². The standard InChI is InChI=1S/C15H18F6O2S/c16-13(14(17,18)19,15(20,21)24(22)23)10-5-8-4-9(10)12-7-2-1-6(3-7)11(8)12/h6-12H,1-5H2,(H,22,23)/p-1. The van der Waals surface area contributed by atoms with Gasteiger partial charge in [-0.3, -0.25) is 4.21 Å². The van der Waals surface area contributed by atoms with E-state index in [2.05, 4.69) is 0 Å². The first-order chi connectivity index (χ1) is 11.0. The first-order valence-electron chi connectivity index (χ1n) is 8.23. The number of hydrogen-bond donors (Lipinski definition) is 0. The molecule has 4 aliphatic carbocycles. The van der Waals surface area contributed by atoms with Crippen LogP contribution in [0.3, 0.4) is 0 Å². The van der Waals surface area contributed by atoms with Crippen LogP contribution >= 0.6 is 0 Å². The average Bonchev–Trinajstić information content (AvgIpc) is 3.22. The second-order valence-electron chi connectivity index (χ2n) is 7.95. The first-order valence-corrected chi connectivity index (χ1v) is 9.30. The zero-order valence-corrected chi connectivity index (χ0v) is 13.4. The van der Waals surface area contributed by atoms with Gasteiger partial charge in [0, 0.05) is 17.0 Å². The summed E-state index contributed by atoms with van der Waals surface area (Å²) in [5.41, 5.74) is -5.02. The quantitative estimate of drug-likeness (QED) is 0.424. The van der Waals surface area contributed by atoms with E-state index >= 15 is 0 Å². The monoisotopic (exact) mass is 375 g/mol. The average molecular weight is 375 g/mol. The summed E-state index contributed by atoms with van der Waals surface area (Å²) in [7, 11) is 0. The Labute approximate surface area is 137 Å². The van der Waals surface area contributed by atoms with Crippen molar-refractivity contribution in [2.75, 3.05) is 0 Å². The molecule has 9 atom stereocenters. The number of rotatable bonds is 3. The van der Waals surface area contributed by atoms with Gasteiger partial charge in [-0.05, 0) is 67.6 Å². The highest BCUT2D eigenvalue weighted by Crippen LogP contribution is 2.72. The third-order valence-corrected chi connectivity index (χ3v) is 8.01. The van der Waals surface area contributed by atoms with Gasteiger partial charge < -0.3 is 4.55 Å². The van der Waals surface area contributed by atoms with Gasteiger partial charge >= 0.3 is 11.4 Å². The van der Waals surface area contributed by atoms with Gasteiger partial charge in [-0.1, -0.05) is 0 Å². The molecule has 24 heavy (non-hydrogen) atoms. The fourth-order valence-corrected chi connectivity index (χ4v) is 7.24. The summed E-state index contributed by atoms with van der Waals surface area (Å²) in [6, 6.07) is 0. The molecule has 4 fully saturated rings. The number of halogens is 6. The van der Waals surface area contributed by atoms with E-state index < -0.39 is 40.0 Å². The molecule has 0 aliphatic heterocycles. The van der Waals surface area contributed by atoms with E-state index in [1.165, 1.54) is 0 Å². The smallest absolute Gasteiger partial charge is 0.429 e. The Morgan fingerprint density at radius 2 is 1.42 bits per heavy atom. The lowest BCUT2D eigenvalue weighted by Crippen LogP contribution is -2.63. The highest BCUT2D eigenvalue weighted by molar-refractivity contribution is 7.80. The molecule has 4 aliphatic rings. The molecule has 0 saturated heterocycles. The summed E-state index contributed by atoms with van der Waals surface area (Å²) in [4.78, 5) is 0. The van der Waals surface area contributed by atoms with Crippen molar-refractivity contribution in [2.24, 2.45) is 41.4 Å². The first kappa shape index (κ1) is 17.1. The van der Waals surface area contributed by atoms with Crippen LogP contribution < -0.4 is 0 Å². The van der Waals surface area contributed by atoms with Crippen molar-refractivity contribution >= 4 is 11.1 Å². The van der Waals surface area contributed by atoms with Crippen LogP contribution in [0.5, 0.6) is 0 Å². The van der Waals surface area contributed by atoms with Crippen molar-refractivity contribution in [2.45, 2.75) is 49.2 Å². The van der Waals surface area contributed by atoms with Crippen molar-refractivity contribution in [3.63, 3.8) is 0 Å². The Hall–Kier alpha value is -0.310. The van der Waals surface area contributed by atoms with E-state index in [0.717, 1.165) is 19.3 Å². The van der Waals surface area contributed by atoms with Crippen LogP contribution in [0.15, 0.2) is 0 Å². The maximum atomic E-state index is 14.9. The Bertz CT molecular complexity index is 581. The minimum Gasteiger partial charge on any atom is -0.768 e. The summed E-state index contributed by atoms with van der Waals surface area (Å²) in [5, 5.41) is -5.48. The Balaban J connectivity index is 1.73. The van der Waals surface area contributed by atoms with Gasteiger partial charge in [-0.25, -0.2) is 4.39 Å². The summed E-state index contributed by atoms with van der Waals surface area (Å²) < 4.78 is 104. The van der Waals surface area contributed by atoms with Crippen LogP contribution in [0.25, 0.3) is 0 Å². The van der Waals surface area contributed by atoms with Gasteiger partial charge in [0.2, 0.25) is 0 Å². The molecular weight excluding hydrogens is 358 g/mol. The lowest BCUT2D eigenvalue weighted by atomic mass is 9.64. The molecule has 0 aromatic heterocycles. The molecule has 0 N–H and O–H groups in total. The summed E-state index contributed by atoms with van der Waals surface area (Å²) >= 11 is -4.48. The molecule has 4 rings (SSSR count). The molecule has 4 saturated carbocycles. The number of hydrogen-bond acceptors (Lipinski definition) is 2. The van der Waals surface area contributed by atoms with Crippen LogP contribution in [0.1, 0.15) is 32.1 Å². The molecule has 0 heterocycles. The fourth-order valence-electron chi connectivity index (χ4n) is 6.74. The lowest BCUT2D eigenvalue weighted by Gasteiger charge is -2.47. The van der Waals surface area contributed by atoms with Gasteiger partial charge in [0.15, 0.2) is 0 Å². The van der Waals surface area contributed by atoms with E-state index in [-0.39, 0.29) is 30.1 Å². The van der Waals surface area contributed by atoms with E-state index in [1.54, 1.807) is 0 Å². The largest absolute Gasteiger partial charge is 0.768 e.